The highest BCUT2D eigenvalue weighted by Gasteiger charge is 2.33. The van der Waals surface area contributed by atoms with Gasteiger partial charge in [-0.05, 0) is 0 Å². The van der Waals surface area contributed by atoms with Crippen molar-refractivity contribution in [2.24, 2.45) is 0 Å². The van der Waals surface area contributed by atoms with E-state index in [1.54, 1.807) is 0 Å². The van der Waals surface area contributed by atoms with Crippen molar-refractivity contribution in [2.75, 3.05) is 7.11 Å². The van der Waals surface area contributed by atoms with E-state index in [1.165, 1.54) is 0 Å². The van der Waals surface area contributed by atoms with Gasteiger partial charge >= 0.3 is 6.36 Å². The van der Waals surface area contributed by atoms with E-state index in [1.807, 2.05) is 0 Å². The Hall–Kier alpha value is -1.31. The van der Waals surface area contributed by atoms with Crippen LogP contribution in [0.15, 0.2) is 6.07 Å². The lowest BCUT2D eigenvalue weighted by Gasteiger charge is -2.14. The molecule has 1 rings (SSSR count). The maximum Gasteiger partial charge on any atom is 0.574 e. The Morgan fingerprint density at radius 2 is 2.00 bits per heavy atom. The third-order valence-corrected chi connectivity index (χ3v) is 2.14. The summed E-state index contributed by atoms with van der Waals surface area (Å²) in [5.41, 5.74) is -1.08. The van der Waals surface area contributed by atoms with E-state index in [2.05, 4.69) is 14.5 Å². The smallest absolute Gasteiger partial charge is 0.496 e. The molecule has 1 heterocycles. The molecule has 0 spiro atoms. The summed E-state index contributed by atoms with van der Waals surface area (Å²) in [5.74, 6) is -1.64. The van der Waals surface area contributed by atoms with Crippen molar-refractivity contribution < 1.29 is 31.4 Å². The molecule has 0 bridgehead atoms. The number of methoxy groups -OCH3 is 1. The van der Waals surface area contributed by atoms with E-state index in [9.17, 15) is 22.0 Å². The Morgan fingerprint density at radius 3 is 2.39 bits per heavy atom. The second-order valence-corrected chi connectivity index (χ2v) is 3.28. The van der Waals surface area contributed by atoms with Gasteiger partial charge in [-0.25, -0.2) is 13.8 Å². The topological polar surface area (TPSA) is 31.4 Å². The fourth-order valence-corrected chi connectivity index (χ4v) is 1.48. The van der Waals surface area contributed by atoms with Gasteiger partial charge in [-0.2, -0.15) is 0 Å². The summed E-state index contributed by atoms with van der Waals surface area (Å²) >= 11 is 5.43. The largest absolute Gasteiger partial charge is 0.574 e. The molecule has 0 N–H and O–H groups in total. The van der Waals surface area contributed by atoms with Crippen LogP contribution in [0, 0.1) is 0 Å². The van der Waals surface area contributed by atoms with E-state index >= 15 is 0 Å². The summed E-state index contributed by atoms with van der Waals surface area (Å²) in [7, 11) is 1.11. The van der Waals surface area contributed by atoms with E-state index in [4.69, 9.17) is 11.6 Å². The number of halogens is 6. The number of hydrogen-bond acceptors (Lipinski definition) is 3. The lowest BCUT2D eigenvalue weighted by atomic mass is 10.2. The maximum absolute atomic E-state index is 12.6. The van der Waals surface area contributed by atoms with E-state index in [0.717, 1.165) is 13.2 Å². The molecule has 0 atom stereocenters. The Kier molecular flexibility index (Phi) is 4.55. The van der Waals surface area contributed by atoms with Crippen LogP contribution in [0.4, 0.5) is 22.0 Å². The minimum atomic E-state index is -5.03. The summed E-state index contributed by atoms with van der Waals surface area (Å²) in [6, 6.07) is 0.747. The highest BCUT2D eigenvalue weighted by atomic mass is 35.5. The van der Waals surface area contributed by atoms with Crippen molar-refractivity contribution >= 4 is 11.6 Å². The van der Waals surface area contributed by atoms with Crippen LogP contribution in [0.1, 0.15) is 17.7 Å². The fourth-order valence-electron chi connectivity index (χ4n) is 1.21. The molecule has 18 heavy (non-hydrogen) atoms. The van der Waals surface area contributed by atoms with Crippen LogP contribution < -0.4 is 9.47 Å². The third kappa shape index (κ3) is 3.59. The zero-order valence-electron chi connectivity index (χ0n) is 8.89. The lowest BCUT2D eigenvalue weighted by molar-refractivity contribution is -0.276. The fraction of sp³-hybridized carbons (Fsp3) is 0.444. The van der Waals surface area contributed by atoms with E-state index < -0.39 is 24.4 Å². The van der Waals surface area contributed by atoms with Crippen LogP contribution in [0.3, 0.4) is 0 Å². The van der Waals surface area contributed by atoms with Gasteiger partial charge in [0.15, 0.2) is 0 Å². The van der Waals surface area contributed by atoms with Gasteiger partial charge in [0.25, 0.3) is 6.43 Å². The number of aromatic nitrogens is 1. The van der Waals surface area contributed by atoms with E-state index in [0.29, 0.717) is 0 Å². The molecule has 1 aromatic heterocycles. The van der Waals surface area contributed by atoms with Gasteiger partial charge in [0.1, 0.15) is 11.4 Å². The number of pyridine rings is 1. The summed E-state index contributed by atoms with van der Waals surface area (Å²) < 4.78 is 69.3. The number of nitrogens with zero attached hydrogens (tertiary/aromatic N) is 1. The van der Waals surface area contributed by atoms with Crippen molar-refractivity contribution in [1.82, 2.24) is 4.98 Å². The van der Waals surface area contributed by atoms with Gasteiger partial charge in [-0.3, -0.25) is 0 Å². The minimum Gasteiger partial charge on any atom is -0.496 e. The lowest BCUT2D eigenvalue weighted by Crippen LogP contribution is -2.18. The first-order chi connectivity index (χ1) is 8.28. The monoisotopic (exact) mass is 291 g/mol. The van der Waals surface area contributed by atoms with Crippen LogP contribution in [0.25, 0.3) is 0 Å². The summed E-state index contributed by atoms with van der Waals surface area (Å²) in [5, 5.41) is 0. The number of rotatable bonds is 4. The molecule has 0 aliphatic heterocycles. The third-order valence-electron chi connectivity index (χ3n) is 1.87. The van der Waals surface area contributed by atoms with Gasteiger partial charge in [0.2, 0.25) is 5.88 Å². The van der Waals surface area contributed by atoms with Crippen LogP contribution in [0.5, 0.6) is 11.6 Å². The molecular weight excluding hydrogens is 285 g/mol. The molecule has 0 aromatic carbocycles. The van der Waals surface area contributed by atoms with Crippen molar-refractivity contribution in [3.63, 3.8) is 0 Å². The molecule has 9 heteroatoms. The SMILES string of the molecule is COc1cc(OC(F)(F)F)nc(C(F)F)c1CCl. The normalized spacial score (nSPS) is 11.8. The quantitative estimate of drug-likeness (QED) is 0.626. The Labute approximate surface area is 103 Å². The Balaban J connectivity index is 3.27. The average molecular weight is 292 g/mol. The maximum atomic E-state index is 12.6. The van der Waals surface area contributed by atoms with E-state index in [-0.39, 0.29) is 17.2 Å². The zero-order chi connectivity index (χ0) is 13.9. The first-order valence-corrected chi connectivity index (χ1v) is 4.99. The van der Waals surface area contributed by atoms with Crippen LogP contribution in [0.2, 0.25) is 0 Å². The molecular formula is C9H7ClF5NO2. The molecule has 0 saturated carbocycles. The molecule has 0 radical (unpaired) electrons. The van der Waals surface area contributed by atoms with Crippen molar-refractivity contribution in [1.29, 1.82) is 0 Å². The number of ether oxygens (including phenoxy) is 2. The highest BCUT2D eigenvalue weighted by Crippen LogP contribution is 2.34. The minimum absolute atomic E-state index is 0.177. The van der Waals surface area contributed by atoms with Crippen LogP contribution in [-0.2, 0) is 5.88 Å². The molecule has 1 aromatic rings. The Morgan fingerprint density at radius 1 is 1.39 bits per heavy atom. The zero-order valence-corrected chi connectivity index (χ0v) is 9.65. The van der Waals surface area contributed by atoms with Crippen molar-refractivity contribution in [2.45, 2.75) is 18.7 Å². The van der Waals surface area contributed by atoms with Gasteiger partial charge in [-0.15, -0.1) is 24.8 Å². The number of alkyl halides is 6. The molecule has 0 unspecified atom stereocenters. The highest BCUT2D eigenvalue weighted by molar-refractivity contribution is 6.17. The van der Waals surface area contributed by atoms with Crippen LogP contribution in [-0.4, -0.2) is 18.5 Å². The molecule has 0 amide bonds. The predicted molar refractivity (Wildman–Crippen MR) is 52.0 cm³/mol. The van der Waals surface area contributed by atoms with Crippen molar-refractivity contribution in [3.8, 4) is 11.6 Å². The molecule has 0 aliphatic rings. The second kappa shape index (κ2) is 5.55. The van der Waals surface area contributed by atoms with Gasteiger partial charge < -0.3 is 9.47 Å². The molecule has 0 fully saturated rings. The summed E-state index contributed by atoms with van der Waals surface area (Å²) in [6.07, 6.45) is -8.12. The first kappa shape index (κ1) is 14.7. The van der Waals surface area contributed by atoms with Gasteiger partial charge in [-0.1, -0.05) is 0 Å². The van der Waals surface area contributed by atoms with Gasteiger partial charge in [0.05, 0.1) is 13.0 Å². The molecule has 102 valence electrons. The first-order valence-electron chi connectivity index (χ1n) is 4.46. The standard InChI is InChI=1S/C9H7ClF5NO2/c1-17-5-2-6(18-9(13,14)15)16-7(8(11)12)4(5)3-10/h2,8H,3H2,1H3. The van der Waals surface area contributed by atoms with Crippen LogP contribution >= 0.6 is 11.6 Å². The summed E-state index contributed by atoms with van der Waals surface area (Å²) in [4.78, 5) is 3.08. The number of hydrogen-bond donors (Lipinski definition) is 0. The Bertz CT molecular complexity index is 424. The molecule has 3 nitrogen and oxygen atoms in total. The van der Waals surface area contributed by atoms with Crippen molar-refractivity contribution in [3.05, 3.63) is 17.3 Å². The predicted octanol–water partition coefficient (Wildman–Crippen LogP) is 3.67. The summed E-state index contributed by atoms with van der Waals surface area (Å²) in [6.45, 7) is 0. The molecule has 0 aliphatic carbocycles. The molecule has 0 saturated heterocycles. The second-order valence-electron chi connectivity index (χ2n) is 3.01. The van der Waals surface area contributed by atoms with Gasteiger partial charge in [0, 0.05) is 11.6 Å². The average Bonchev–Trinajstić information content (AvgIpc) is 2.25.